The van der Waals surface area contributed by atoms with Crippen molar-refractivity contribution < 1.29 is 18.7 Å². The van der Waals surface area contributed by atoms with Crippen LogP contribution in [0.15, 0.2) is 46.9 Å². The number of hydrogen-bond acceptors (Lipinski definition) is 5. The van der Waals surface area contributed by atoms with Crippen molar-refractivity contribution in [2.24, 2.45) is 5.92 Å². The monoisotopic (exact) mass is 435 g/mol. The van der Waals surface area contributed by atoms with Gasteiger partial charge in [-0.1, -0.05) is 17.7 Å². The first-order chi connectivity index (χ1) is 15.5. The fourth-order valence-electron chi connectivity index (χ4n) is 4.03. The third-order valence-corrected chi connectivity index (χ3v) is 5.94. The van der Waals surface area contributed by atoms with Gasteiger partial charge in [0.25, 0.3) is 5.91 Å². The van der Waals surface area contributed by atoms with Crippen LogP contribution in [0.4, 0.5) is 0 Å². The van der Waals surface area contributed by atoms with Gasteiger partial charge in [0.1, 0.15) is 5.52 Å². The third kappa shape index (κ3) is 5.16. The molecule has 0 aliphatic carbocycles. The molecule has 1 aliphatic heterocycles. The minimum atomic E-state index is -0.0109. The van der Waals surface area contributed by atoms with E-state index in [0.29, 0.717) is 55.6 Å². The summed E-state index contributed by atoms with van der Waals surface area (Å²) in [5.74, 6) is 0.889. The van der Waals surface area contributed by atoms with E-state index < -0.39 is 0 Å². The molecule has 168 valence electrons. The molecule has 2 aromatic carbocycles. The van der Waals surface area contributed by atoms with E-state index in [-0.39, 0.29) is 11.8 Å². The van der Waals surface area contributed by atoms with Gasteiger partial charge < -0.3 is 19.4 Å². The van der Waals surface area contributed by atoms with Crippen LogP contribution in [0.5, 0.6) is 0 Å². The molecule has 3 aromatic rings. The van der Waals surface area contributed by atoms with E-state index in [1.807, 2.05) is 42.2 Å². The number of oxazole rings is 1. The van der Waals surface area contributed by atoms with Crippen molar-refractivity contribution in [3.05, 3.63) is 53.6 Å². The molecule has 0 unspecified atom stereocenters. The first-order valence-corrected chi connectivity index (χ1v) is 11.1. The zero-order chi connectivity index (χ0) is 22.5. The van der Waals surface area contributed by atoms with Crippen molar-refractivity contribution >= 4 is 22.9 Å². The van der Waals surface area contributed by atoms with Gasteiger partial charge in [0.15, 0.2) is 5.58 Å². The molecule has 1 aliphatic rings. The maximum Gasteiger partial charge on any atom is 0.253 e. The molecule has 1 fully saturated rings. The topological polar surface area (TPSA) is 84.7 Å². The molecular weight excluding hydrogens is 406 g/mol. The lowest BCUT2D eigenvalue weighted by molar-refractivity contribution is -0.122. The zero-order valence-corrected chi connectivity index (χ0v) is 18.6. The Labute approximate surface area is 187 Å². The quantitative estimate of drug-likeness (QED) is 0.571. The van der Waals surface area contributed by atoms with Crippen molar-refractivity contribution in [2.75, 3.05) is 33.4 Å². The predicted octanol–water partition coefficient (Wildman–Crippen LogP) is 3.81. The number of fused-ring (bicyclic) bond motifs is 1. The van der Waals surface area contributed by atoms with E-state index in [1.54, 1.807) is 19.2 Å². The Hall–Kier alpha value is -3.19. The molecule has 1 saturated heterocycles. The highest BCUT2D eigenvalue weighted by molar-refractivity contribution is 5.97. The molecule has 0 atom stereocenters. The number of nitrogens with one attached hydrogen (secondary N) is 1. The fraction of sp³-hybridized carbons (Fsp3) is 0.400. The SMILES string of the molecule is COCCNC(=O)CC1CCN(C(=O)c2ccc3nc(-c4ccc(C)cc4)oc3c2)CC1. The molecule has 0 saturated carbocycles. The van der Waals surface area contributed by atoms with Crippen LogP contribution in [0.1, 0.15) is 35.2 Å². The van der Waals surface area contributed by atoms with Crippen LogP contribution in [0.3, 0.4) is 0 Å². The van der Waals surface area contributed by atoms with Crippen LogP contribution in [0, 0.1) is 12.8 Å². The lowest BCUT2D eigenvalue weighted by Crippen LogP contribution is -2.39. The number of aromatic nitrogens is 1. The number of likely N-dealkylation sites (tertiary alicyclic amines) is 1. The van der Waals surface area contributed by atoms with Gasteiger partial charge >= 0.3 is 0 Å². The second-order valence-corrected chi connectivity index (χ2v) is 8.35. The largest absolute Gasteiger partial charge is 0.436 e. The average Bonchev–Trinajstić information content (AvgIpc) is 3.23. The molecule has 0 radical (unpaired) electrons. The van der Waals surface area contributed by atoms with E-state index in [0.717, 1.165) is 23.9 Å². The Balaban J connectivity index is 1.37. The summed E-state index contributed by atoms with van der Waals surface area (Å²) in [4.78, 5) is 31.4. The van der Waals surface area contributed by atoms with Crippen molar-refractivity contribution in [1.29, 1.82) is 0 Å². The Bertz CT molecular complexity index is 1080. The first-order valence-electron chi connectivity index (χ1n) is 11.1. The summed E-state index contributed by atoms with van der Waals surface area (Å²) in [5, 5.41) is 2.86. The molecule has 4 rings (SSSR count). The standard InChI is InChI=1S/C25H29N3O4/c1-17-3-5-19(6-4-17)24-27-21-8-7-20(16-22(21)32-24)25(30)28-12-9-18(10-13-28)15-23(29)26-11-14-31-2/h3-8,16,18H,9-15H2,1-2H3,(H,26,29). The van der Waals surface area contributed by atoms with Gasteiger partial charge in [-0.25, -0.2) is 4.98 Å². The highest BCUT2D eigenvalue weighted by Crippen LogP contribution is 2.27. The van der Waals surface area contributed by atoms with Gasteiger partial charge in [-0.05, 0) is 56.0 Å². The molecule has 2 amide bonds. The van der Waals surface area contributed by atoms with Crippen molar-refractivity contribution in [2.45, 2.75) is 26.2 Å². The Morgan fingerprint density at radius 2 is 1.91 bits per heavy atom. The van der Waals surface area contributed by atoms with Crippen LogP contribution < -0.4 is 5.32 Å². The second kappa shape index (κ2) is 9.96. The molecule has 2 heterocycles. The second-order valence-electron chi connectivity index (χ2n) is 8.35. The van der Waals surface area contributed by atoms with Crippen molar-refractivity contribution in [1.82, 2.24) is 15.2 Å². The number of piperidine rings is 1. The smallest absolute Gasteiger partial charge is 0.253 e. The highest BCUT2D eigenvalue weighted by atomic mass is 16.5. The minimum Gasteiger partial charge on any atom is -0.436 e. The van der Waals surface area contributed by atoms with E-state index in [4.69, 9.17) is 9.15 Å². The van der Waals surface area contributed by atoms with Gasteiger partial charge in [0, 0.05) is 44.3 Å². The van der Waals surface area contributed by atoms with Crippen molar-refractivity contribution in [3.63, 3.8) is 0 Å². The summed E-state index contributed by atoms with van der Waals surface area (Å²) < 4.78 is 10.9. The predicted molar refractivity (Wildman–Crippen MR) is 122 cm³/mol. The van der Waals surface area contributed by atoms with E-state index in [1.165, 1.54) is 5.56 Å². The van der Waals surface area contributed by atoms with Gasteiger partial charge in [-0.15, -0.1) is 0 Å². The molecule has 7 heteroatoms. The zero-order valence-electron chi connectivity index (χ0n) is 18.6. The molecule has 7 nitrogen and oxygen atoms in total. The number of nitrogens with zero attached hydrogens (tertiary/aromatic N) is 2. The van der Waals surface area contributed by atoms with E-state index in [2.05, 4.69) is 10.3 Å². The summed E-state index contributed by atoms with van der Waals surface area (Å²) in [6, 6.07) is 13.4. The molecule has 0 bridgehead atoms. The lowest BCUT2D eigenvalue weighted by atomic mass is 9.93. The number of benzene rings is 2. The van der Waals surface area contributed by atoms with Crippen LogP contribution in [-0.4, -0.2) is 55.0 Å². The Kier molecular flexibility index (Phi) is 6.85. The fourth-order valence-corrected chi connectivity index (χ4v) is 4.03. The normalized spacial score (nSPS) is 14.6. The minimum absolute atomic E-state index is 0.0109. The van der Waals surface area contributed by atoms with Crippen LogP contribution in [-0.2, 0) is 9.53 Å². The van der Waals surface area contributed by atoms with Gasteiger partial charge in [0.2, 0.25) is 11.8 Å². The molecule has 32 heavy (non-hydrogen) atoms. The lowest BCUT2D eigenvalue weighted by Gasteiger charge is -2.31. The van der Waals surface area contributed by atoms with Crippen LogP contribution >= 0.6 is 0 Å². The number of aryl methyl sites for hydroxylation is 1. The van der Waals surface area contributed by atoms with E-state index in [9.17, 15) is 9.59 Å². The number of ether oxygens (including phenoxy) is 1. The number of carbonyl (C=O) groups is 2. The van der Waals surface area contributed by atoms with Crippen molar-refractivity contribution in [3.8, 4) is 11.5 Å². The average molecular weight is 436 g/mol. The summed E-state index contributed by atoms with van der Waals surface area (Å²) in [6.07, 6.45) is 2.15. The van der Waals surface area contributed by atoms with Gasteiger partial charge in [-0.3, -0.25) is 9.59 Å². The number of rotatable bonds is 7. The number of methoxy groups -OCH3 is 1. The van der Waals surface area contributed by atoms with E-state index >= 15 is 0 Å². The molecule has 0 spiro atoms. The van der Waals surface area contributed by atoms with Gasteiger partial charge in [0.05, 0.1) is 6.61 Å². The molecule has 1 aromatic heterocycles. The maximum atomic E-state index is 13.0. The van der Waals surface area contributed by atoms with Crippen LogP contribution in [0.2, 0.25) is 0 Å². The third-order valence-electron chi connectivity index (χ3n) is 5.94. The molecule has 1 N–H and O–H groups in total. The number of hydrogen-bond donors (Lipinski definition) is 1. The molecular formula is C25H29N3O4. The number of carbonyl (C=O) groups excluding carboxylic acids is 2. The Morgan fingerprint density at radius 3 is 2.62 bits per heavy atom. The Morgan fingerprint density at radius 1 is 1.16 bits per heavy atom. The number of amides is 2. The van der Waals surface area contributed by atoms with Crippen LogP contribution in [0.25, 0.3) is 22.6 Å². The summed E-state index contributed by atoms with van der Waals surface area (Å²) in [7, 11) is 1.61. The highest BCUT2D eigenvalue weighted by Gasteiger charge is 2.25. The summed E-state index contributed by atoms with van der Waals surface area (Å²) >= 11 is 0. The maximum absolute atomic E-state index is 13.0. The van der Waals surface area contributed by atoms with Gasteiger partial charge in [-0.2, -0.15) is 0 Å². The summed E-state index contributed by atoms with van der Waals surface area (Å²) in [5.41, 5.74) is 4.02. The first kappa shape index (κ1) is 22.0. The summed E-state index contributed by atoms with van der Waals surface area (Å²) in [6.45, 7) is 4.38.